The van der Waals surface area contributed by atoms with Crippen molar-refractivity contribution in [3.05, 3.63) is 93.2 Å². The van der Waals surface area contributed by atoms with Gasteiger partial charge in [-0.3, -0.25) is 14.3 Å². The van der Waals surface area contributed by atoms with E-state index in [2.05, 4.69) is 6.58 Å². The Morgan fingerprint density at radius 2 is 1.82 bits per heavy atom. The average molecular weight is 481 g/mol. The topological polar surface area (TPSA) is 58.4 Å². The molecular formula is C25H22Cl2N4O2. The zero-order valence-corrected chi connectivity index (χ0v) is 19.6. The summed E-state index contributed by atoms with van der Waals surface area (Å²) in [5, 5.41) is 5.45. The van der Waals surface area contributed by atoms with Crippen molar-refractivity contribution in [1.29, 1.82) is 0 Å². The first-order chi connectivity index (χ1) is 15.8. The summed E-state index contributed by atoms with van der Waals surface area (Å²) in [5.41, 5.74) is 4.24. The molecule has 0 aliphatic carbocycles. The maximum Gasteiger partial charge on any atom is 0.276 e. The molecule has 168 valence electrons. The third kappa shape index (κ3) is 3.73. The van der Waals surface area contributed by atoms with Crippen LogP contribution in [0.3, 0.4) is 0 Å². The summed E-state index contributed by atoms with van der Waals surface area (Å²) in [6.45, 7) is 7.54. The van der Waals surface area contributed by atoms with Gasteiger partial charge in [-0.15, -0.1) is 0 Å². The molecule has 0 saturated heterocycles. The van der Waals surface area contributed by atoms with E-state index in [4.69, 9.17) is 28.3 Å². The minimum absolute atomic E-state index is 0.0677. The first-order valence-electron chi connectivity index (χ1n) is 10.8. The minimum atomic E-state index is -0.152. The zero-order valence-electron chi connectivity index (χ0n) is 18.1. The fourth-order valence-electron chi connectivity index (χ4n) is 4.53. The van der Waals surface area contributed by atoms with E-state index in [0.29, 0.717) is 53.1 Å². The molecule has 33 heavy (non-hydrogen) atoms. The van der Waals surface area contributed by atoms with Crippen molar-refractivity contribution >= 4 is 40.7 Å². The predicted molar refractivity (Wildman–Crippen MR) is 128 cm³/mol. The van der Waals surface area contributed by atoms with E-state index >= 15 is 0 Å². The van der Waals surface area contributed by atoms with Crippen molar-refractivity contribution in [1.82, 2.24) is 19.6 Å². The Balaban J connectivity index is 1.46. The van der Waals surface area contributed by atoms with Gasteiger partial charge in [0.05, 0.1) is 28.8 Å². The fraction of sp³-hybridized carbons (Fsp3) is 0.240. The number of hydrogen-bond acceptors (Lipinski definition) is 3. The van der Waals surface area contributed by atoms with Gasteiger partial charge in [0.25, 0.3) is 11.8 Å². The van der Waals surface area contributed by atoms with E-state index in [1.54, 1.807) is 32.7 Å². The molecule has 0 saturated carbocycles. The SMILES string of the molecule is C=C(c1ccccc1)N1CCn2nc3c(c2C1=O)CN(C(=O)c1ccc(Cl)c(Cl)c1)[C@H](C)C3. The predicted octanol–water partition coefficient (Wildman–Crippen LogP) is 4.90. The van der Waals surface area contributed by atoms with Gasteiger partial charge in [-0.25, -0.2) is 0 Å². The number of amides is 2. The van der Waals surface area contributed by atoms with Crippen molar-refractivity contribution < 1.29 is 9.59 Å². The molecule has 0 unspecified atom stereocenters. The van der Waals surface area contributed by atoms with E-state index in [0.717, 1.165) is 16.8 Å². The third-order valence-electron chi connectivity index (χ3n) is 6.33. The lowest BCUT2D eigenvalue weighted by Gasteiger charge is -2.34. The van der Waals surface area contributed by atoms with Gasteiger partial charge in [0, 0.05) is 35.8 Å². The third-order valence-corrected chi connectivity index (χ3v) is 7.07. The lowest BCUT2D eigenvalue weighted by Crippen LogP contribution is -2.44. The summed E-state index contributed by atoms with van der Waals surface area (Å²) in [6, 6.07) is 14.5. The Kier molecular flexibility index (Phi) is 5.51. The number of fused-ring (bicyclic) bond motifs is 3. The lowest BCUT2D eigenvalue weighted by molar-refractivity contribution is 0.0651. The van der Waals surface area contributed by atoms with Gasteiger partial charge in [-0.1, -0.05) is 60.1 Å². The van der Waals surface area contributed by atoms with Gasteiger partial charge in [-0.2, -0.15) is 5.10 Å². The van der Waals surface area contributed by atoms with Crippen LogP contribution in [-0.2, 0) is 19.5 Å². The van der Waals surface area contributed by atoms with Crippen LogP contribution in [0.4, 0.5) is 0 Å². The van der Waals surface area contributed by atoms with E-state index in [9.17, 15) is 9.59 Å². The smallest absolute Gasteiger partial charge is 0.276 e. The highest BCUT2D eigenvalue weighted by Gasteiger charge is 2.38. The zero-order chi connectivity index (χ0) is 23.3. The fourth-order valence-corrected chi connectivity index (χ4v) is 4.83. The summed E-state index contributed by atoms with van der Waals surface area (Å²) in [4.78, 5) is 30.3. The summed E-state index contributed by atoms with van der Waals surface area (Å²) in [6.07, 6.45) is 0.579. The number of halogens is 2. The number of aromatic nitrogens is 2. The monoisotopic (exact) mass is 480 g/mol. The quantitative estimate of drug-likeness (QED) is 0.535. The number of rotatable bonds is 3. The van der Waals surface area contributed by atoms with Crippen LogP contribution in [0, 0.1) is 0 Å². The van der Waals surface area contributed by atoms with Crippen molar-refractivity contribution in [3.63, 3.8) is 0 Å². The summed E-state index contributed by atoms with van der Waals surface area (Å²) in [7, 11) is 0. The Morgan fingerprint density at radius 1 is 1.06 bits per heavy atom. The van der Waals surface area contributed by atoms with E-state index in [1.807, 2.05) is 37.3 Å². The van der Waals surface area contributed by atoms with Gasteiger partial charge >= 0.3 is 0 Å². The molecule has 0 radical (unpaired) electrons. The highest BCUT2D eigenvalue weighted by molar-refractivity contribution is 6.42. The largest absolute Gasteiger partial charge is 0.331 e. The van der Waals surface area contributed by atoms with E-state index in [1.165, 1.54) is 0 Å². The van der Waals surface area contributed by atoms with E-state index in [-0.39, 0.29) is 17.9 Å². The maximum absolute atomic E-state index is 13.5. The molecule has 8 heteroatoms. The number of nitrogens with zero attached hydrogens (tertiary/aromatic N) is 4. The Labute approximate surface area is 202 Å². The highest BCUT2D eigenvalue weighted by atomic mass is 35.5. The molecule has 1 aromatic heterocycles. The first kappa shape index (κ1) is 21.7. The second-order valence-corrected chi connectivity index (χ2v) is 9.20. The lowest BCUT2D eigenvalue weighted by atomic mass is 9.97. The van der Waals surface area contributed by atoms with Crippen LogP contribution in [0.2, 0.25) is 10.0 Å². The number of carbonyl (C=O) groups is 2. The van der Waals surface area contributed by atoms with Gasteiger partial charge < -0.3 is 9.80 Å². The Morgan fingerprint density at radius 3 is 2.55 bits per heavy atom. The number of hydrogen-bond donors (Lipinski definition) is 0. The van der Waals surface area contributed by atoms with Crippen LogP contribution in [0.1, 0.15) is 44.6 Å². The molecule has 2 aliphatic heterocycles. The van der Waals surface area contributed by atoms with Gasteiger partial charge in [0.2, 0.25) is 0 Å². The molecule has 5 rings (SSSR count). The summed E-state index contributed by atoms with van der Waals surface area (Å²) in [5.74, 6) is -0.291. The first-order valence-corrected chi connectivity index (χ1v) is 11.5. The highest BCUT2D eigenvalue weighted by Crippen LogP contribution is 2.32. The molecule has 3 aromatic rings. The Hall–Kier alpha value is -3.09. The average Bonchev–Trinajstić information content (AvgIpc) is 3.18. The van der Waals surface area contributed by atoms with Crippen molar-refractivity contribution in [3.8, 4) is 0 Å². The standard InChI is InChI=1S/C25H22Cl2N4O2/c1-15-12-22-19(14-30(15)24(32)18-8-9-20(26)21(27)13-18)23-25(33)29(10-11-31(23)28-22)16(2)17-6-4-3-5-7-17/h3-9,13,15H,2,10-12,14H2,1H3/t15-/m1/s1. The van der Waals surface area contributed by atoms with Gasteiger partial charge in [-0.05, 0) is 30.7 Å². The number of benzene rings is 2. The van der Waals surface area contributed by atoms with Gasteiger partial charge in [0.15, 0.2) is 0 Å². The summed E-state index contributed by atoms with van der Waals surface area (Å²) < 4.78 is 1.78. The van der Waals surface area contributed by atoms with E-state index < -0.39 is 0 Å². The van der Waals surface area contributed by atoms with Crippen LogP contribution < -0.4 is 0 Å². The van der Waals surface area contributed by atoms with Crippen molar-refractivity contribution in [2.45, 2.75) is 32.5 Å². The van der Waals surface area contributed by atoms with Crippen LogP contribution in [0.15, 0.2) is 55.1 Å². The minimum Gasteiger partial charge on any atom is -0.331 e. The van der Waals surface area contributed by atoms with Crippen LogP contribution in [0.5, 0.6) is 0 Å². The van der Waals surface area contributed by atoms with Gasteiger partial charge in [0.1, 0.15) is 5.69 Å². The summed E-state index contributed by atoms with van der Waals surface area (Å²) >= 11 is 12.1. The van der Waals surface area contributed by atoms with Crippen molar-refractivity contribution in [2.75, 3.05) is 6.54 Å². The Bertz CT molecular complexity index is 1290. The molecular weight excluding hydrogens is 459 g/mol. The van der Waals surface area contributed by atoms with Crippen LogP contribution in [-0.4, -0.2) is 44.0 Å². The molecule has 2 amide bonds. The van der Waals surface area contributed by atoms with Crippen LogP contribution >= 0.6 is 23.2 Å². The number of carbonyl (C=O) groups excluding carboxylic acids is 2. The molecule has 6 nitrogen and oxygen atoms in total. The normalized spacial score (nSPS) is 17.5. The molecule has 2 aliphatic rings. The molecule has 0 bridgehead atoms. The van der Waals surface area contributed by atoms with Crippen molar-refractivity contribution in [2.24, 2.45) is 0 Å². The molecule has 1 atom stereocenters. The van der Waals surface area contributed by atoms with Crippen LogP contribution in [0.25, 0.3) is 5.70 Å². The molecule has 3 heterocycles. The second-order valence-electron chi connectivity index (χ2n) is 8.38. The molecule has 0 spiro atoms. The molecule has 0 N–H and O–H groups in total. The maximum atomic E-state index is 13.5. The molecule has 2 aromatic carbocycles. The molecule has 0 fully saturated rings. The second kappa shape index (κ2) is 8.36.